The molecular formula is C23H24ClN3O2. The summed E-state index contributed by atoms with van der Waals surface area (Å²) in [6.07, 6.45) is 3.35. The van der Waals surface area contributed by atoms with Gasteiger partial charge in [0, 0.05) is 28.9 Å². The number of ether oxygens (including phenoxy) is 1. The van der Waals surface area contributed by atoms with E-state index in [2.05, 4.69) is 10.4 Å². The second-order valence-electron chi connectivity index (χ2n) is 6.74. The number of hydrogen-bond donors (Lipinski definition) is 1. The summed E-state index contributed by atoms with van der Waals surface area (Å²) in [7, 11) is 1.62. The highest BCUT2D eigenvalue weighted by atomic mass is 35.5. The Balaban J connectivity index is 1.66. The molecule has 0 aliphatic carbocycles. The molecule has 0 radical (unpaired) electrons. The summed E-state index contributed by atoms with van der Waals surface area (Å²) in [6, 6.07) is 15.3. The Bertz CT molecular complexity index is 1040. The molecule has 0 unspecified atom stereocenters. The Labute approximate surface area is 176 Å². The van der Waals surface area contributed by atoms with Gasteiger partial charge < -0.3 is 10.1 Å². The summed E-state index contributed by atoms with van der Waals surface area (Å²) < 4.78 is 7.11. The van der Waals surface area contributed by atoms with Crippen LogP contribution in [0.2, 0.25) is 5.02 Å². The SMILES string of the molecule is COc1cccc(CNC(=O)/C=C/c2c(C)nn(Cc3ccccc3Cl)c2C)c1. The van der Waals surface area contributed by atoms with Crippen LogP contribution < -0.4 is 10.1 Å². The largest absolute Gasteiger partial charge is 0.497 e. The van der Waals surface area contributed by atoms with E-state index in [9.17, 15) is 4.79 Å². The van der Waals surface area contributed by atoms with Crippen LogP contribution in [0, 0.1) is 13.8 Å². The van der Waals surface area contributed by atoms with E-state index in [0.29, 0.717) is 18.1 Å². The van der Waals surface area contributed by atoms with Crippen LogP contribution in [-0.2, 0) is 17.9 Å². The van der Waals surface area contributed by atoms with Crippen LogP contribution in [0.25, 0.3) is 6.08 Å². The number of hydrogen-bond acceptors (Lipinski definition) is 3. The number of aryl methyl sites for hydroxylation is 1. The molecule has 3 aromatic rings. The second-order valence-corrected chi connectivity index (χ2v) is 7.14. The van der Waals surface area contributed by atoms with Crippen LogP contribution in [0.15, 0.2) is 54.6 Å². The Hall–Kier alpha value is -3.05. The molecule has 0 spiro atoms. The number of carbonyl (C=O) groups excluding carboxylic acids is 1. The number of nitrogens with zero attached hydrogens (tertiary/aromatic N) is 2. The monoisotopic (exact) mass is 409 g/mol. The van der Waals surface area contributed by atoms with E-state index in [4.69, 9.17) is 16.3 Å². The maximum atomic E-state index is 12.2. The third-order valence-electron chi connectivity index (χ3n) is 4.72. The van der Waals surface area contributed by atoms with E-state index in [1.54, 1.807) is 7.11 Å². The average Bonchev–Trinajstić information content (AvgIpc) is 2.99. The molecule has 5 nitrogen and oxygen atoms in total. The Morgan fingerprint density at radius 3 is 2.76 bits per heavy atom. The van der Waals surface area contributed by atoms with Crippen molar-refractivity contribution in [2.45, 2.75) is 26.9 Å². The van der Waals surface area contributed by atoms with E-state index in [1.807, 2.05) is 73.1 Å². The molecular weight excluding hydrogens is 386 g/mol. The fourth-order valence-corrected chi connectivity index (χ4v) is 3.28. The fourth-order valence-electron chi connectivity index (χ4n) is 3.08. The lowest BCUT2D eigenvalue weighted by atomic mass is 10.1. The highest BCUT2D eigenvalue weighted by molar-refractivity contribution is 6.31. The first-order valence-electron chi connectivity index (χ1n) is 9.34. The molecule has 0 aliphatic rings. The van der Waals surface area contributed by atoms with Gasteiger partial charge in [-0.05, 0) is 49.2 Å². The number of halogens is 1. The van der Waals surface area contributed by atoms with Gasteiger partial charge in [0.25, 0.3) is 0 Å². The molecule has 1 N–H and O–H groups in total. The normalized spacial score (nSPS) is 11.0. The smallest absolute Gasteiger partial charge is 0.244 e. The van der Waals surface area contributed by atoms with E-state index >= 15 is 0 Å². The van der Waals surface area contributed by atoms with Gasteiger partial charge in [-0.2, -0.15) is 5.10 Å². The van der Waals surface area contributed by atoms with E-state index < -0.39 is 0 Å². The summed E-state index contributed by atoms with van der Waals surface area (Å²) in [4.78, 5) is 12.2. The second kappa shape index (κ2) is 9.43. The lowest BCUT2D eigenvalue weighted by Gasteiger charge is -2.07. The maximum absolute atomic E-state index is 12.2. The van der Waals surface area contributed by atoms with Gasteiger partial charge in [0.05, 0.1) is 19.3 Å². The van der Waals surface area contributed by atoms with Crippen molar-refractivity contribution in [2.24, 2.45) is 0 Å². The minimum atomic E-state index is -0.162. The summed E-state index contributed by atoms with van der Waals surface area (Å²) in [5, 5.41) is 8.20. The standard InChI is InChI=1S/C23H24ClN3O2/c1-16-21(17(2)27(26-16)15-19-8-4-5-10-22(19)24)11-12-23(28)25-14-18-7-6-9-20(13-18)29-3/h4-13H,14-15H2,1-3H3,(H,25,28)/b12-11+. The van der Waals surface area contributed by atoms with Gasteiger partial charge in [0.15, 0.2) is 0 Å². The molecule has 29 heavy (non-hydrogen) atoms. The summed E-state index contributed by atoms with van der Waals surface area (Å²) in [6.45, 7) is 4.95. The fraction of sp³-hybridized carbons (Fsp3) is 0.217. The Kier molecular flexibility index (Phi) is 6.73. The lowest BCUT2D eigenvalue weighted by molar-refractivity contribution is -0.116. The number of rotatable bonds is 7. The van der Waals surface area contributed by atoms with Gasteiger partial charge in [0.2, 0.25) is 5.91 Å². The topological polar surface area (TPSA) is 56.1 Å². The minimum Gasteiger partial charge on any atom is -0.497 e. The predicted octanol–water partition coefficient (Wildman–Crippen LogP) is 4.54. The third kappa shape index (κ3) is 5.27. The van der Waals surface area contributed by atoms with Crippen molar-refractivity contribution in [3.63, 3.8) is 0 Å². The molecule has 3 rings (SSSR count). The van der Waals surface area contributed by atoms with Crippen molar-refractivity contribution < 1.29 is 9.53 Å². The van der Waals surface area contributed by atoms with Crippen LogP contribution in [0.5, 0.6) is 5.75 Å². The van der Waals surface area contributed by atoms with Crippen molar-refractivity contribution in [1.82, 2.24) is 15.1 Å². The molecule has 0 saturated heterocycles. The number of carbonyl (C=O) groups is 1. The zero-order valence-corrected chi connectivity index (χ0v) is 17.5. The Morgan fingerprint density at radius 2 is 2.00 bits per heavy atom. The van der Waals surface area contributed by atoms with E-state index in [1.165, 1.54) is 6.08 Å². The molecule has 0 bridgehead atoms. The summed E-state index contributed by atoms with van der Waals surface area (Å²) in [5.41, 5.74) is 4.77. The summed E-state index contributed by atoms with van der Waals surface area (Å²) >= 11 is 6.26. The molecule has 1 aromatic heterocycles. The van der Waals surface area contributed by atoms with Crippen LogP contribution in [0.4, 0.5) is 0 Å². The third-order valence-corrected chi connectivity index (χ3v) is 5.09. The molecule has 1 amide bonds. The number of nitrogens with one attached hydrogen (secondary N) is 1. The molecule has 0 fully saturated rings. The number of methoxy groups -OCH3 is 1. The van der Waals surface area contributed by atoms with Gasteiger partial charge in [-0.15, -0.1) is 0 Å². The lowest BCUT2D eigenvalue weighted by Crippen LogP contribution is -2.20. The van der Waals surface area contributed by atoms with Crippen LogP contribution in [0.3, 0.4) is 0 Å². The Morgan fingerprint density at radius 1 is 1.21 bits per heavy atom. The first-order valence-corrected chi connectivity index (χ1v) is 9.72. The van der Waals surface area contributed by atoms with Gasteiger partial charge in [-0.3, -0.25) is 9.48 Å². The first-order chi connectivity index (χ1) is 14.0. The number of benzene rings is 2. The van der Waals surface area contributed by atoms with Crippen molar-refractivity contribution >= 4 is 23.6 Å². The van der Waals surface area contributed by atoms with Crippen LogP contribution in [-0.4, -0.2) is 22.8 Å². The molecule has 150 valence electrons. The quantitative estimate of drug-likeness (QED) is 0.583. The number of amides is 1. The molecule has 1 heterocycles. The van der Waals surface area contributed by atoms with Gasteiger partial charge in [-0.1, -0.05) is 41.9 Å². The molecule has 6 heteroatoms. The maximum Gasteiger partial charge on any atom is 0.244 e. The van der Waals surface area contributed by atoms with Gasteiger partial charge in [0.1, 0.15) is 5.75 Å². The summed E-state index contributed by atoms with van der Waals surface area (Å²) in [5.74, 6) is 0.606. The van der Waals surface area contributed by atoms with Crippen molar-refractivity contribution in [2.75, 3.05) is 7.11 Å². The van der Waals surface area contributed by atoms with Crippen LogP contribution >= 0.6 is 11.6 Å². The number of aromatic nitrogens is 2. The zero-order chi connectivity index (χ0) is 20.8. The molecule has 0 atom stereocenters. The highest BCUT2D eigenvalue weighted by Crippen LogP contribution is 2.20. The zero-order valence-electron chi connectivity index (χ0n) is 16.8. The van der Waals surface area contributed by atoms with Gasteiger partial charge in [-0.25, -0.2) is 0 Å². The van der Waals surface area contributed by atoms with Crippen molar-refractivity contribution in [3.05, 3.63) is 87.7 Å². The first kappa shape index (κ1) is 20.7. The molecule has 2 aromatic carbocycles. The highest BCUT2D eigenvalue weighted by Gasteiger charge is 2.11. The molecule has 0 saturated carbocycles. The minimum absolute atomic E-state index is 0.162. The van der Waals surface area contributed by atoms with Crippen molar-refractivity contribution in [1.29, 1.82) is 0 Å². The van der Waals surface area contributed by atoms with Crippen molar-refractivity contribution in [3.8, 4) is 5.75 Å². The van der Waals surface area contributed by atoms with Gasteiger partial charge >= 0.3 is 0 Å². The van der Waals surface area contributed by atoms with E-state index in [-0.39, 0.29) is 5.91 Å². The molecule has 0 aliphatic heterocycles. The average molecular weight is 410 g/mol. The van der Waals surface area contributed by atoms with Crippen LogP contribution in [0.1, 0.15) is 28.1 Å². The van der Waals surface area contributed by atoms with E-state index in [0.717, 1.165) is 33.8 Å². The predicted molar refractivity (Wildman–Crippen MR) is 116 cm³/mol.